The number of carbonyl (C=O) groups is 1. The molecule has 0 aliphatic rings. The lowest BCUT2D eigenvalue weighted by Gasteiger charge is -2.11. The zero-order valence-corrected chi connectivity index (χ0v) is 17.1. The molecule has 0 saturated carbocycles. The predicted molar refractivity (Wildman–Crippen MR) is 111 cm³/mol. The smallest absolute Gasteiger partial charge is 0.330 e. The van der Waals surface area contributed by atoms with E-state index in [1.165, 1.54) is 7.11 Å². The molecule has 0 spiro atoms. The number of nitrogen functional groups attached to an aromatic ring is 1. The molecule has 3 aromatic rings. The number of aryl methyl sites for hydroxylation is 1. The van der Waals surface area contributed by atoms with Gasteiger partial charge in [0.05, 0.1) is 18.9 Å². The molecule has 3 rings (SSSR count). The molecular weight excluding hydrogens is 412 g/mol. The average Bonchev–Trinajstić information content (AvgIpc) is 3.33. The van der Waals surface area contributed by atoms with Crippen molar-refractivity contribution in [1.82, 2.24) is 24.7 Å². The Labute approximate surface area is 174 Å². The first-order chi connectivity index (χ1) is 14.4. The number of carbonyl (C=O) groups excluding carboxylic acids is 1. The minimum atomic E-state index is -0.830. The van der Waals surface area contributed by atoms with Crippen LogP contribution in [0.5, 0.6) is 0 Å². The lowest BCUT2D eigenvalue weighted by atomic mass is 10.2. The van der Waals surface area contributed by atoms with Crippen LogP contribution < -0.4 is 17.0 Å². The maximum Gasteiger partial charge on any atom is 0.330 e. The highest BCUT2D eigenvalue weighted by molar-refractivity contribution is 7.99. The third-order valence-corrected chi connectivity index (χ3v) is 4.87. The number of aromatic amines is 2. The van der Waals surface area contributed by atoms with Crippen molar-refractivity contribution in [3.63, 3.8) is 0 Å². The van der Waals surface area contributed by atoms with Gasteiger partial charge in [-0.05, 0) is 31.2 Å². The molecular formula is C18H20N6O5S. The van der Waals surface area contributed by atoms with Crippen LogP contribution in [0.3, 0.4) is 0 Å². The number of thioether (sulfide) groups is 1. The standard InChI is InChI=1S/C18H20N6O5S/c1-10-3-4-11(29-10)5-6-13-20-17(23-22-13)30-9-12(25)14-15(19)24(7-8-28-2)18(27)21-16(14)26/h3-6H,7-9,19H2,1-2H3,(H,20,22,23)(H,21,26,27)/b6-5+. The van der Waals surface area contributed by atoms with Crippen molar-refractivity contribution in [1.29, 1.82) is 0 Å². The lowest BCUT2D eigenvalue weighted by molar-refractivity contribution is 0.102. The van der Waals surface area contributed by atoms with Gasteiger partial charge in [0.1, 0.15) is 28.7 Å². The number of Topliss-reactive ketones (excluding diaryl/α,β-unsaturated/α-hetero) is 1. The monoisotopic (exact) mass is 432 g/mol. The molecule has 3 aromatic heterocycles. The number of anilines is 1. The maximum atomic E-state index is 12.6. The number of nitrogens with two attached hydrogens (primary N) is 1. The van der Waals surface area contributed by atoms with Crippen molar-refractivity contribution in [3.05, 3.63) is 55.9 Å². The molecule has 0 saturated heterocycles. The zero-order chi connectivity index (χ0) is 21.7. The summed E-state index contributed by atoms with van der Waals surface area (Å²) in [5.74, 6) is 1.08. The average molecular weight is 432 g/mol. The number of nitrogens with one attached hydrogen (secondary N) is 2. The number of rotatable bonds is 9. The molecule has 0 aliphatic carbocycles. The highest BCUT2D eigenvalue weighted by atomic mass is 32.2. The van der Waals surface area contributed by atoms with Gasteiger partial charge >= 0.3 is 5.69 Å². The number of methoxy groups -OCH3 is 1. The summed E-state index contributed by atoms with van der Waals surface area (Å²) < 4.78 is 11.4. The number of furan rings is 1. The van der Waals surface area contributed by atoms with Crippen molar-refractivity contribution in [2.45, 2.75) is 18.6 Å². The Morgan fingerprint density at radius 1 is 1.37 bits per heavy atom. The van der Waals surface area contributed by atoms with Gasteiger partial charge in [-0.2, -0.15) is 0 Å². The van der Waals surface area contributed by atoms with Crippen molar-refractivity contribution in [3.8, 4) is 0 Å². The summed E-state index contributed by atoms with van der Waals surface area (Å²) in [6.07, 6.45) is 3.42. The second kappa shape index (κ2) is 9.41. The number of nitrogens with zero attached hydrogens (tertiary/aromatic N) is 3. The number of hydrogen-bond acceptors (Lipinski definition) is 9. The fourth-order valence-corrected chi connectivity index (χ4v) is 3.24. The van der Waals surface area contributed by atoms with Crippen molar-refractivity contribution in [2.24, 2.45) is 0 Å². The quantitative estimate of drug-likeness (QED) is 0.330. The number of ether oxygens (including phenoxy) is 1. The van der Waals surface area contributed by atoms with Crippen LogP contribution in [0.4, 0.5) is 5.82 Å². The Morgan fingerprint density at radius 3 is 2.87 bits per heavy atom. The Hall–Kier alpha value is -3.38. The minimum Gasteiger partial charge on any atom is -0.462 e. The molecule has 0 fully saturated rings. The molecule has 11 nitrogen and oxygen atoms in total. The summed E-state index contributed by atoms with van der Waals surface area (Å²) in [5, 5.41) is 7.08. The summed E-state index contributed by atoms with van der Waals surface area (Å²) in [6, 6.07) is 3.67. The van der Waals surface area contributed by atoms with Gasteiger partial charge in [0.2, 0.25) is 5.16 Å². The van der Waals surface area contributed by atoms with Gasteiger partial charge in [0.25, 0.3) is 5.56 Å². The van der Waals surface area contributed by atoms with E-state index in [0.717, 1.165) is 22.1 Å². The third-order valence-electron chi connectivity index (χ3n) is 4.02. The summed E-state index contributed by atoms with van der Waals surface area (Å²) in [7, 11) is 1.46. The van der Waals surface area contributed by atoms with Gasteiger partial charge in [-0.3, -0.25) is 24.2 Å². The summed E-state index contributed by atoms with van der Waals surface area (Å²) in [5.41, 5.74) is 4.09. The maximum absolute atomic E-state index is 12.6. The van der Waals surface area contributed by atoms with E-state index >= 15 is 0 Å². The minimum absolute atomic E-state index is 0.108. The summed E-state index contributed by atoms with van der Waals surface area (Å²) >= 11 is 1.03. The van der Waals surface area contributed by atoms with Crippen LogP contribution in [-0.2, 0) is 11.3 Å². The number of H-pyrrole nitrogens is 2. The largest absolute Gasteiger partial charge is 0.462 e. The van der Waals surface area contributed by atoms with Crippen LogP contribution >= 0.6 is 11.8 Å². The lowest BCUT2D eigenvalue weighted by Crippen LogP contribution is -2.37. The molecule has 0 amide bonds. The van der Waals surface area contributed by atoms with E-state index < -0.39 is 17.0 Å². The number of aromatic nitrogens is 5. The zero-order valence-electron chi connectivity index (χ0n) is 16.3. The van der Waals surface area contributed by atoms with Gasteiger partial charge in [-0.1, -0.05) is 11.8 Å². The van der Waals surface area contributed by atoms with E-state index in [0.29, 0.717) is 16.7 Å². The van der Waals surface area contributed by atoms with E-state index in [9.17, 15) is 14.4 Å². The van der Waals surface area contributed by atoms with Gasteiger partial charge in [0, 0.05) is 7.11 Å². The van der Waals surface area contributed by atoms with Crippen LogP contribution in [0.15, 0.2) is 31.3 Å². The van der Waals surface area contributed by atoms with Gasteiger partial charge < -0.3 is 14.9 Å². The molecule has 0 radical (unpaired) electrons. The molecule has 0 aliphatic heterocycles. The molecule has 0 bridgehead atoms. The number of hydrogen-bond donors (Lipinski definition) is 3. The molecule has 4 N–H and O–H groups in total. The van der Waals surface area contributed by atoms with Crippen molar-refractivity contribution < 1.29 is 13.9 Å². The topological polar surface area (TPSA) is 162 Å². The molecule has 30 heavy (non-hydrogen) atoms. The van der Waals surface area contributed by atoms with Crippen molar-refractivity contribution >= 4 is 35.5 Å². The van der Waals surface area contributed by atoms with Gasteiger partial charge in [-0.15, -0.1) is 5.10 Å². The Kier molecular flexibility index (Phi) is 6.69. The highest BCUT2D eigenvalue weighted by Gasteiger charge is 2.20. The predicted octanol–water partition coefficient (Wildman–Crippen LogP) is 0.930. The van der Waals surface area contributed by atoms with E-state index in [4.69, 9.17) is 14.9 Å². The van der Waals surface area contributed by atoms with Gasteiger partial charge in [-0.25, -0.2) is 9.78 Å². The normalized spacial score (nSPS) is 11.4. The molecule has 0 atom stereocenters. The molecule has 0 aromatic carbocycles. The van der Waals surface area contributed by atoms with E-state index in [2.05, 4.69) is 20.2 Å². The first-order valence-corrected chi connectivity index (χ1v) is 9.82. The third kappa shape index (κ3) is 4.96. The molecule has 158 valence electrons. The van der Waals surface area contributed by atoms with E-state index in [1.807, 2.05) is 19.1 Å². The molecule has 12 heteroatoms. The Balaban J connectivity index is 1.69. The van der Waals surface area contributed by atoms with Crippen LogP contribution in [0.2, 0.25) is 0 Å². The van der Waals surface area contributed by atoms with Crippen LogP contribution in [0.1, 0.15) is 27.7 Å². The molecule has 3 heterocycles. The van der Waals surface area contributed by atoms with Gasteiger partial charge in [0.15, 0.2) is 5.78 Å². The summed E-state index contributed by atoms with van der Waals surface area (Å²) in [4.78, 5) is 42.9. The van der Waals surface area contributed by atoms with Crippen molar-refractivity contribution in [2.75, 3.05) is 25.2 Å². The molecule has 0 unspecified atom stereocenters. The van der Waals surface area contributed by atoms with Crippen LogP contribution in [0, 0.1) is 6.92 Å². The first kappa shape index (κ1) is 21.3. The Morgan fingerprint density at radius 2 is 2.17 bits per heavy atom. The SMILES string of the molecule is COCCn1c(N)c(C(=O)CSc2n[nH]c(/C=C/c3ccc(C)o3)n2)c(=O)[nH]c1=O. The second-order valence-corrected chi connectivity index (χ2v) is 7.10. The first-order valence-electron chi connectivity index (χ1n) is 8.83. The number of ketones is 1. The van der Waals surface area contributed by atoms with Crippen LogP contribution in [0.25, 0.3) is 12.2 Å². The van der Waals surface area contributed by atoms with E-state index in [1.54, 1.807) is 12.2 Å². The highest BCUT2D eigenvalue weighted by Crippen LogP contribution is 2.17. The Bertz CT molecular complexity index is 1190. The van der Waals surface area contributed by atoms with E-state index in [-0.39, 0.29) is 30.3 Å². The van der Waals surface area contributed by atoms with Crippen LogP contribution in [-0.4, -0.2) is 50.0 Å². The fraction of sp³-hybridized carbons (Fsp3) is 0.278. The summed E-state index contributed by atoms with van der Waals surface area (Å²) in [6.45, 7) is 2.15. The second-order valence-electron chi connectivity index (χ2n) is 6.16. The fourth-order valence-electron chi connectivity index (χ4n) is 2.57.